The van der Waals surface area contributed by atoms with E-state index in [1.165, 1.54) is 0 Å². The van der Waals surface area contributed by atoms with Crippen LogP contribution < -0.4 is 4.74 Å². The Morgan fingerprint density at radius 2 is 2.07 bits per heavy atom. The van der Waals surface area contributed by atoms with Crippen LogP contribution >= 0.6 is 11.3 Å². The molecule has 5 nitrogen and oxygen atoms in total. The van der Waals surface area contributed by atoms with E-state index in [-0.39, 0.29) is 11.9 Å². The van der Waals surface area contributed by atoms with Gasteiger partial charge in [0.2, 0.25) is 0 Å². The number of amides is 1. The van der Waals surface area contributed by atoms with Gasteiger partial charge in [-0.25, -0.2) is 4.98 Å². The minimum Gasteiger partial charge on any atom is -0.494 e. The van der Waals surface area contributed by atoms with Crippen LogP contribution in [0.5, 0.6) is 5.75 Å². The van der Waals surface area contributed by atoms with Crippen molar-refractivity contribution in [3.63, 3.8) is 0 Å². The van der Waals surface area contributed by atoms with E-state index >= 15 is 0 Å². The maximum Gasteiger partial charge on any atom is 0.290 e. The highest BCUT2D eigenvalue weighted by Gasteiger charge is 2.26. The Hall–Kier alpha value is -2.86. The van der Waals surface area contributed by atoms with Crippen molar-refractivity contribution in [1.29, 1.82) is 0 Å². The van der Waals surface area contributed by atoms with E-state index < -0.39 is 0 Å². The number of para-hydroxylation sites is 1. The van der Waals surface area contributed by atoms with Crippen LogP contribution in [0.2, 0.25) is 0 Å². The number of hydrogen-bond donors (Lipinski definition) is 0. The van der Waals surface area contributed by atoms with Crippen LogP contribution in [-0.2, 0) is 0 Å². The number of carbonyl (C=O) groups is 1. The number of furan rings is 1. The second kappa shape index (κ2) is 7.28. The molecular weight excluding hydrogens is 372 g/mol. The number of fused-ring (bicyclic) bond motifs is 2. The number of benzene rings is 2. The lowest BCUT2D eigenvalue weighted by Gasteiger charge is -2.22. The van der Waals surface area contributed by atoms with Gasteiger partial charge in [-0.1, -0.05) is 12.1 Å². The third-order valence-corrected chi connectivity index (χ3v) is 6.19. The van der Waals surface area contributed by atoms with Crippen molar-refractivity contribution < 1.29 is 13.9 Å². The predicted octanol–water partition coefficient (Wildman–Crippen LogP) is 5.58. The quantitative estimate of drug-likeness (QED) is 0.443. The van der Waals surface area contributed by atoms with Crippen molar-refractivity contribution in [2.45, 2.75) is 26.8 Å². The molecule has 6 heteroatoms. The van der Waals surface area contributed by atoms with Crippen LogP contribution in [-0.4, -0.2) is 29.4 Å². The number of carbonyl (C=O) groups excluding carboxylic acids is 1. The lowest BCUT2D eigenvalue weighted by atomic mass is 10.1. The van der Waals surface area contributed by atoms with Crippen molar-refractivity contribution in [3.05, 3.63) is 58.8 Å². The first-order valence-corrected chi connectivity index (χ1v) is 10.1. The number of aromatic nitrogens is 1. The van der Waals surface area contributed by atoms with Crippen LogP contribution in [0.25, 0.3) is 21.2 Å². The molecule has 4 rings (SSSR count). The molecule has 4 aromatic rings. The molecule has 1 amide bonds. The van der Waals surface area contributed by atoms with Crippen LogP contribution in [0.15, 0.2) is 46.9 Å². The van der Waals surface area contributed by atoms with Gasteiger partial charge in [0.1, 0.15) is 16.3 Å². The molecule has 0 aliphatic heterocycles. The molecule has 1 atom stereocenters. The van der Waals surface area contributed by atoms with Crippen molar-refractivity contribution in [3.8, 4) is 5.75 Å². The Balaban J connectivity index is 1.65. The van der Waals surface area contributed by atoms with Crippen molar-refractivity contribution in [1.82, 2.24) is 9.88 Å². The Morgan fingerprint density at radius 3 is 2.82 bits per heavy atom. The zero-order chi connectivity index (χ0) is 19.8. The van der Waals surface area contributed by atoms with Gasteiger partial charge in [-0.15, -0.1) is 11.3 Å². The van der Waals surface area contributed by atoms with Crippen molar-refractivity contribution >= 4 is 38.4 Å². The molecule has 0 saturated heterocycles. The average Bonchev–Trinajstić information content (AvgIpc) is 3.28. The summed E-state index contributed by atoms with van der Waals surface area (Å²) < 4.78 is 12.6. The summed E-state index contributed by atoms with van der Waals surface area (Å²) in [6, 6.07) is 13.5. The second-order valence-corrected chi connectivity index (χ2v) is 7.82. The van der Waals surface area contributed by atoms with Crippen LogP contribution in [0.4, 0.5) is 0 Å². The first-order valence-electron chi connectivity index (χ1n) is 9.28. The Morgan fingerprint density at radius 1 is 1.29 bits per heavy atom. The lowest BCUT2D eigenvalue weighted by molar-refractivity contribution is 0.0711. The molecule has 2 heterocycles. The monoisotopic (exact) mass is 394 g/mol. The highest BCUT2D eigenvalue weighted by molar-refractivity contribution is 7.18. The summed E-state index contributed by atoms with van der Waals surface area (Å²) in [7, 11) is 1.79. The number of hydrogen-bond acceptors (Lipinski definition) is 5. The summed E-state index contributed by atoms with van der Waals surface area (Å²) in [6.07, 6.45) is 0. The van der Waals surface area contributed by atoms with Crippen LogP contribution in [0.1, 0.15) is 41.0 Å². The molecule has 0 saturated carbocycles. The summed E-state index contributed by atoms with van der Waals surface area (Å²) >= 11 is 1.61. The summed E-state index contributed by atoms with van der Waals surface area (Å²) in [5.74, 6) is 0.978. The highest BCUT2D eigenvalue weighted by Crippen LogP contribution is 2.33. The van der Waals surface area contributed by atoms with Gasteiger partial charge in [0.05, 0.1) is 22.9 Å². The zero-order valence-electron chi connectivity index (χ0n) is 16.4. The summed E-state index contributed by atoms with van der Waals surface area (Å²) in [6.45, 7) is 6.43. The van der Waals surface area contributed by atoms with Crippen LogP contribution in [0.3, 0.4) is 0 Å². The molecule has 0 spiro atoms. The summed E-state index contributed by atoms with van der Waals surface area (Å²) in [5.41, 5.74) is 2.47. The smallest absolute Gasteiger partial charge is 0.290 e. The predicted molar refractivity (Wildman–Crippen MR) is 112 cm³/mol. The Labute approximate surface area is 167 Å². The van der Waals surface area contributed by atoms with E-state index in [1.807, 2.05) is 63.2 Å². The van der Waals surface area contributed by atoms with Gasteiger partial charge in [0.15, 0.2) is 5.76 Å². The van der Waals surface area contributed by atoms with Gasteiger partial charge in [-0.3, -0.25) is 4.79 Å². The van der Waals surface area contributed by atoms with Crippen molar-refractivity contribution in [2.75, 3.05) is 13.7 Å². The third-order valence-electron chi connectivity index (χ3n) is 4.98. The van der Waals surface area contributed by atoms with Crippen LogP contribution in [0, 0.1) is 6.92 Å². The molecule has 0 aliphatic rings. The molecule has 0 aliphatic carbocycles. The number of aryl methyl sites for hydroxylation is 1. The molecule has 2 aromatic carbocycles. The van der Waals surface area contributed by atoms with Crippen molar-refractivity contribution in [2.24, 2.45) is 0 Å². The SMILES string of the molecule is CCOc1ccc2oc(C(=O)N(C)[C@H](C)c3nc4ccccc4s3)c(C)c2c1. The Kier molecular flexibility index (Phi) is 4.81. The van der Waals surface area contributed by atoms with E-state index in [9.17, 15) is 4.79 Å². The van der Waals surface area contributed by atoms with Gasteiger partial charge in [-0.2, -0.15) is 0 Å². The van der Waals surface area contributed by atoms with E-state index in [2.05, 4.69) is 4.98 Å². The fourth-order valence-corrected chi connectivity index (χ4v) is 4.29. The minimum absolute atomic E-state index is 0.154. The topological polar surface area (TPSA) is 55.6 Å². The first kappa shape index (κ1) is 18.5. The summed E-state index contributed by atoms with van der Waals surface area (Å²) in [5, 5.41) is 1.81. The van der Waals surface area contributed by atoms with E-state index in [1.54, 1.807) is 23.3 Å². The standard InChI is InChI=1S/C22H22N2O3S/c1-5-26-15-10-11-18-16(12-15)13(2)20(27-18)22(25)24(4)14(3)21-23-17-8-6-7-9-19(17)28-21/h6-12,14H,5H2,1-4H3/t14-/m1/s1. The first-order chi connectivity index (χ1) is 13.5. The number of thiazole rings is 1. The molecule has 0 fully saturated rings. The molecule has 0 unspecified atom stereocenters. The maximum atomic E-state index is 13.2. The minimum atomic E-state index is -0.156. The largest absolute Gasteiger partial charge is 0.494 e. The van der Waals surface area contributed by atoms with Gasteiger partial charge >= 0.3 is 0 Å². The molecule has 144 valence electrons. The maximum absolute atomic E-state index is 13.2. The lowest BCUT2D eigenvalue weighted by Crippen LogP contribution is -2.29. The van der Waals surface area contributed by atoms with Gasteiger partial charge in [-0.05, 0) is 51.1 Å². The molecular formula is C22H22N2O3S. The zero-order valence-corrected chi connectivity index (χ0v) is 17.2. The number of nitrogens with zero attached hydrogens (tertiary/aromatic N) is 2. The molecule has 2 aromatic heterocycles. The fourth-order valence-electron chi connectivity index (χ4n) is 3.23. The van der Waals surface area contributed by atoms with E-state index in [0.717, 1.165) is 31.9 Å². The highest BCUT2D eigenvalue weighted by atomic mass is 32.1. The van der Waals surface area contributed by atoms with E-state index in [4.69, 9.17) is 9.15 Å². The second-order valence-electron chi connectivity index (χ2n) is 6.76. The van der Waals surface area contributed by atoms with Gasteiger partial charge in [0.25, 0.3) is 5.91 Å². The number of ether oxygens (including phenoxy) is 1. The number of rotatable bonds is 5. The summed E-state index contributed by atoms with van der Waals surface area (Å²) in [4.78, 5) is 19.5. The average molecular weight is 394 g/mol. The molecule has 0 bridgehead atoms. The molecule has 0 radical (unpaired) electrons. The fraction of sp³-hybridized carbons (Fsp3) is 0.273. The normalized spacial score (nSPS) is 12.4. The van der Waals surface area contributed by atoms with E-state index in [0.29, 0.717) is 18.0 Å². The molecule has 28 heavy (non-hydrogen) atoms. The molecule has 0 N–H and O–H groups in total. The third kappa shape index (κ3) is 3.14. The van der Waals surface area contributed by atoms with Gasteiger partial charge < -0.3 is 14.1 Å². The Bertz CT molecular complexity index is 1130. The van der Waals surface area contributed by atoms with Gasteiger partial charge in [0, 0.05) is 18.0 Å².